The first-order valence-corrected chi connectivity index (χ1v) is 13.9. The lowest BCUT2D eigenvalue weighted by Gasteiger charge is -2.44. The number of aliphatic hydroxyl groups is 4. The van der Waals surface area contributed by atoms with E-state index in [0.29, 0.717) is 42.3 Å². The largest absolute Gasteiger partial charge is 0.396 e. The van der Waals surface area contributed by atoms with Crippen molar-refractivity contribution < 1.29 is 25.2 Å². The molecule has 0 aromatic heterocycles. The van der Waals surface area contributed by atoms with Gasteiger partial charge in [-0.15, -0.1) is 0 Å². The second kappa shape index (κ2) is 12.0. The zero-order chi connectivity index (χ0) is 25.8. The molecular formula is C30H50O5. The monoisotopic (exact) mass is 490 g/mol. The molecule has 7 atom stereocenters. The molecule has 1 unspecified atom stereocenters. The van der Waals surface area contributed by atoms with Crippen molar-refractivity contribution in [3.63, 3.8) is 0 Å². The molecule has 200 valence electrons. The Morgan fingerprint density at radius 1 is 1.20 bits per heavy atom. The summed E-state index contributed by atoms with van der Waals surface area (Å²) in [5, 5.41) is 40.4. The zero-order valence-corrected chi connectivity index (χ0v) is 22.5. The fourth-order valence-electron chi connectivity index (χ4n) is 7.21. The second-order valence-corrected chi connectivity index (χ2v) is 12.4. The number of ether oxygens (including phenoxy) is 1. The molecule has 0 radical (unpaired) electrons. The van der Waals surface area contributed by atoms with Crippen LogP contribution in [0.25, 0.3) is 0 Å². The lowest BCUT2D eigenvalue weighted by molar-refractivity contribution is -0.0968. The number of hydrogen-bond donors (Lipinski definition) is 4. The highest BCUT2D eigenvalue weighted by Crippen LogP contribution is 2.60. The van der Waals surface area contributed by atoms with Crippen LogP contribution < -0.4 is 0 Å². The van der Waals surface area contributed by atoms with Crippen LogP contribution >= 0.6 is 0 Å². The minimum absolute atomic E-state index is 0.0269. The van der Waals surface area contributed by atoms with Gasteiger partial charge in [0.25, 0.3) is 0 Å². The van der Waals surface area contributed by atoms with Crippen LogP contribution in [0.4, 0.5) is 0 Å². The van der Waals surface area contributed by atoms with Crippen molar-refractivity contribution in [2.45, 2.75) is 116 Å². The molecule has 5 nitrogen and oxygen atoms in total. The molecule has 3 aliphatic rings. The first kappa shape index (κ1) is 28.6. The van der Waals surface area contributed by atoms with Crippen molar-refractivity contribution in [3.05, 3.63) is 35.5 Å². The van der Waals surface area contributed by atoms with Gasteiger partial charge in [0.15, 0.2) is 0 Å². The Kier molecular flexibility index (Phi) is 9.84. The molecule has 3 saturated carbocycles. The maximum atomic E-state index is 10.7. The number of rotatable bonds is 10. The topological polar surface area (TPSA) is 90.2 Å². The fraction of sp³-hybridized carbons (Fsp3) is 0.800. The molecular weight excluding hydrogens is 440 g/mol. The molecule has 0 heterocycles. The number of hydrogen-bond acceptors (Lipinski definition) is 5. The Morgan fingerprint density at radius 3 is 2.63 bits per heavy atom. The molecule has 4 N–H and O–H groups in total. The first-order chi connectivity index (χ1) is 16.5. The number of fused-ring (bicyclic) bond motifs is 1. The molecule has 0 aromatic rings. The quantitative estimate of drug-likeness (QED) is 0.321. The second-order valence-electron chi connectivity index (χ2n) is 12.4. The van der Waals surface area contributed by atoms with Gasteiger partial charge in [-0.05, 0) is 93.1 Å². The SMILES string of the molecule is C=C1/C(=C/C=C2\CCC[C@]3(C)[C@@H](C(C)CCCC(C)(C)O)CC[C@@H]23)C[C@@H](O)[C@@H](OCCCO)[C@@H]1O. The summed E-state index contributed by atoms with van der Waals surface area (Å²) in [6.45, 7) is 13.2. The lowest BCUT2D eigenvalue weighted by Crippen LogP contribution is -2.45. The van der Waals surface area contributed by atoms with Crippen LogP contribution in [-0.4, -0.2) is 57.6 Å². The molecule has 35 heavy (non-hydrogen) atoms. The van der Waals surface area contributed by atoms with Crippen LogP contribution in [0.3, 0.4) is 0 Å². The van der Waals surface area contributed by atoms with Crippen LogP contribution in [0.5, 0.6) is 0 Å². The summed E-state index contributed by atoms with van der Waals surface area (Å²) in [7, 11) is 0. The van der Waals surface area contributed by atoms with Gasteiger partial charge < -0.3 is 25.2 Å². The van der Waals surface area contributed by atoms with Gasteiger partial charge in [-0.25, -0.2) is 0 Å². The molecule has 3 fully saturated rings. The highest BCUT2D eigenvalue weighted by atomic mass is 16.5. The van der Waals surface area contributed by atoms with Crippen LogP contribution in [0.15, 0.2) is 35.5 Å². The smallest absolute Gasteiger partial charge is 0.114 e. The van der Waals surface area contributed by atoms with E-state index in [-0.39, 0.29) is 6.61 Å². The Bertz CT molecular complexity index is 778. The average Bonchev–Trinajstić information content (AvgIpc) is 3.14. The van der Waals surface area contributed by atoms with Crippen molar-refractivity contribution >= 4 is 0 Å². The molecule has 3 aliphatic carbocycles. The van der Waals surface area contributed by atoms with Crippen molar-refractivity contribution in [1.29, 1.82) is 0 Å². The third-order valence-electron chi connectivity index (χ3n) is 9.17. The predicted molar refractivity (Wildman–Crippen MR) is 141 cm³/mol. The maximum Gasteiger partial charge on any atom is 0.114 e. The molecule has 3 rings (SSSR count). The molecule has 0 aliphatic heterocycles. The molecule has 0 amide bonds. The third-order valence-corrected chi connectivity index (χ3v) is 9.17. The van der Waals surface area contributed by atoms with Crippen LogP contribution in [0, 0.1) is 23.2 Å². The first-order valence-electron chi connectivity index (χ1n) is 13.9. The van der Waals surface area contributed by atoms with E-state index in [9.17, 15) is 15.3 Å². The average molecular weight is 491 g/mol. The van der Waals surface area contributed by atoms with Gasteiger partial charge >= 0.3 is 0 Å². The van der Waals surface area contributed by atoms with Crippen LogP contribution in [0.1, 0.15) is 91.9 Å². The highest BCUT2D eigenvalue weighted by Gasteiger charge is 2.50. The Labute approximate surface area is 213 Å². The zero-order valence-electron chi connectivity index (χ0n) is 22.5. The van der Waals surface area contributed by atoms with Gasteiger partial charge in [0, 0.05) is 19.6 Å². The van der Waals surface area contributed by atoms with Gasteiger partial charge in [-0.1, -0.05) is 51.0 Å². The molecule has 0 bridgehead atoms. The minimum atomic E-state index is -0.931. The minimum Gasteiger partial charge on any atom is -0.396 e. The predicted octanol–water partition coefficient (Wildman–Crippen LogP) is 5.08. The van der Waals surface area contributed by atoms with E-state index in [4.69, 9.17) is 9.84 Å². The third kappa shape index (κ3) is 6.87. The molecule has 0 aromatic carbocycles. The van der Waals surface area contributed by atoms with E-state index in [1.165, 1.54) is 37.7 Å². The van der Waals surface area contributed by atoms with E-state index in [2.05, 4.69) is 32.6 Å². The summed E-state index contributed by atoms with van der Waals surface area (Å²) in [4.78, 5) is 0. The normalized spacial score (nSPS) is 37.1. The van der Waals surface area contributed by atoms with Crippen molar-refractivity contribution in [3.8, 4) is 0 Å². The lowest BCUT2D eigenvalue weighted by atomic mass is 9.60. The van der Waals surface area contributed by atoms with Gasteiger partial charge in [-0.2, -0.15) is 0 Å². The van der Waals surface area contributed by atoms with Gasteiger partial charge in [-0.3, -0.25) is 0 Å². The summed E-state index contributed by atoms with van der Waals surface area (Å²) in [5.74, 6) is 1.98. The van der Waals surface area contributed by atoms with E-state index in [1.54, 1.807) is 0 Å². The highest BCUT2D eigenvalue weighted by molar-refractivity contribution is 5.40. The van der Waals surface area contributed by atoms with Crippen LogP contribution in [-0.2, 0) is 4.74 Å². The van der Waals surface area contributed by atoms with Crippen molar-refractivity contribution in [1.82, 2.24) is 0 Å². The Hall–Kier alpha value is -0.980. The van der Waals surface area contributed by atoms with Crippen molar-refractivity contribution in [2.75, 3.05) is 13.2 Å². The van der Waals surface area contributed by atoms with Gasteiger partial charge in [0.2, 0.25) is 0 Å². The molecule has 0 saturated heterocycles. The number of aliphatic hydroxyl groups excluding tert-OH is 3. The van der Waals surface area contributed by atoms with Crippen molar-refractivity contribution in [2.24, 2.45) is 23.2 Å². The fourth-order valence-corrected chi connectivity index (χ4v) is 7.21. The number of allylic oxidation sites excluding steroid dienone is 3. The summed E-state index contributed by atoms with van der Waals surface area (Å²) in [6.07, 6.45) is 12.1. The Morgan fingerprint density at radius 2 is 1.94 bits per heavy atom. The summed E-state index contributed by atoms with van der Waals surface area (Å²) >= 11 is 0. The summed E-state index contributed by atoms with van der Waals surface area (Å²) in [6, 6.07) is 0. The molecule has 5 heteroatoms. The summed E-state index contributed by atoms with van der Waals surface area (Å²) in [5.41, 5.74) is 2.79. The van der Waals surface area contributed by atoms with Gasteiger partial charge in [0.1, 0.15) is 12.2 Å². The van der Waals surface area contributed by atoms with E-state index >= 15 is 0 Å². The molecule has 0 spiro atoms. The van der Waals surface area contributed by atoms with Gasteiger partial charge in [0.05, 0.1) is 11.7 Å². The van der Waals surface area contributed by atoms with E-state index < -0.39 is 23.9 Å². The van der Waals surface area contributed by atoms with E-state index in [0.717, 1.165) is 30.8 Å². The van der Waals surface area contributed by atoms with Crippen LogP contribution in [0.2, 0.25) is 0 Å². The summed E-state index contributed by atoms with van der Waals surface area (Å²) < 4.78 is 5.63. The Balaban J connectivity index is 1.67. The van der Waals surface area contributed by atoms with E-state index in [1.807, 2.05) is 13.8 Å². The maximum absolute atomic E-state index is 10.7. The standard InChI is InChI=1S/C30H50O5/c1-20(9-6-15-29(3,4)34)24-13-14-25-22(10-7-16-30(24,25)5)11-12-23-19-26(32)28(27(33)21(23)2)35-18-8-17-31/h11-12,20,24-28,31-34H,2,6-10,13-19H2,1,3-5H3/b22-11+,23-12+/t20?,24-,25+,26-,27-,28-,30-/m1/s1.